The number of aromatic amines is 1. The van der Waals surface area contributed by atoms with Gasteiger partial charge in [-0.2, -0.15) is 0 Å². The van der Waals surface area contributed by atoms with Crippen LogP contribution >= 0.6 is 0 Å². The number of nitrogens with one attached hydrogen (secondary N) is 1. The topological polar surface area (TPSA) is 54.6 Å². The second-order valence-corrected chi connectivity index (χ2v) is 7.60. The molecule has 3 heterocycles. The molecule has 2 aliphatic rings. The number of carbonyl (C=O) groups is 1. The number of carbonyl (C=O) groups excluding carboxylic acids is 1. The van der Waals surface area contributed by atoms with E-state index in [0.717, 1.165) is 59.5 Å². The lowest BCUT2D eigenvalue weighted by Crippen LogP contribution is -2.36. The minimum absolute atomic E-state index is 0.0277. The van der Waals surface area contributed by atoms with E-state index in [4.69, 9.17) is 9.47 Å². The molecule has 2 aromatic carbocycles. The van der Waals surface area contributed by atoms with Gasteiger partial charge in [0.2, 0.25) is 12.7 Å². The molecule has 1 saturated heterocycles. The van der Waals surface area contributed by atoms with Crippen molar-refractivity contribution in [2.24, 2.45) is 0 Å². The number of benzene rings is 2. The fraction of sp³-hybridized carbons (Fsp3) is 0.348. The van der Waals surface area contributed by atoms with Gasteiger partial charge in [0.05, 0.1) is 0 Å². The van der Waals surface area contributed by atoms with Gasteiger partial charge in [0, 0.05) is 42.5 Å². The van der Waals surface area contributed by atoms with E-state index >= 15 is 0 Å². The van der Waals surface area contributed by atoms with Crippen LogP contribution < -0.4 is 9.47 Å². The van der Waals surface area contributed by atoms with Gasteiger partial charge < -0.3 is 19.4 Å². The second kappa shape index (κ2) is 7.23. The average molecular weight is 376 g/mol. The summed E-state index contributed by atoms with van der Waals surface area (Å²) in [6.07, 6.45) is 5.93. The minimum Gasteiger partial charge on any atom is -0.454 e. The van der Waals surface area contributed by atoms with Crippen molar-refractivity contribution in [1.29, 1.82) is 0 Å². The predicted molar refractivity (Wildman–Crippen MR) is 108 cm³/mol. The van der Waals surface area contributed by atoms with Gasteiger partial charge in [-0.25, -0.2) is 0 Å². The van der Waals surface area contributed by atoms with Gasteiger partial charge in [-0.3, -0.25) is 4.79 Å². The highest BCUT2D eigenvalue weighted by Gasteiger charge is 2.26. The third kappa shape index (κ3) is 3.11. The van der Waals surface area contributed by atoms with E-state index in [-0.39, 0.29) is 18.6 Å². The van der Waals surface area contributed by atoms with Crippen LogP contribution in [0.15, 0.2) is 48.7 Å². The number of hydrogen-bond acceptors (Lipinski definition) is 3. The number of hydrogen-bond donors (Lipinski definition) is 1. The van der Waals surface area contributed by atoms with Gasteiger partial charge in [0.25, 0.3) is 0 Å². The molecule has 5 nitrogen and oxygen atoms in total. The van der Waals surface area contributed by atoms with E-state index in [9.17, 15) is 4.79 Å². The lowest BCUT2D eigenvalue weighted by Gasteiger charge is -2.28. The zero-order valence-corrected chi connectivity index (χ0v) is 15.8. The Bertz CT molecular complexity index is 1000. The van der Waals surface area contributed by atoms with Crippen LogP contribution in [0.2, 0.25) is 0 Å². The maximum absolute atomic E-state index is 13.1. The van der Waals surface area contributed by atoms with Crippen molar-refractivity contribution in [2.75, 3.05) is 19.9 Å². The molecule has 1 amide bonds. The standard InChI is InChI=1S/C23H24N2O3/c26-23(25-10-4-1-5-11-25)13-18(16-8-9-21-22(12-16)28-15-27-21)19-14-24-20-7-3-2-6-17(19)20/h2-3,6-9,12,14,18,24H,1,4-5,10-11,13,15H2. The molecule has 5 rings (SSSR count). The van der Waals surface area contributed by atoms with E-state index in [2.05, 4.69) is 23.2 Å². The molecule has 0 aliphatic carbocycles. The monoisotopic (exact) mass is 376 g/mol. The lowest BCUT2D eigenvalue weighted by atomic mass is 9.87. The molecule has 0 bridgehead atoms. The van der Waals surface area contributed by atoms with Gasteiger partial charge >= 0.3 is 0 Å². The Morgan fingerprint density at radius 3 is 2.75 bits per heavy atom. The molecule has 1 unspecified atom stereocenters. The summed E-state index contributed by atoms with van der Waals surface area (Å²) in [7, 11) is 0. The number of fused-ring (bicyclic) bond motifs is 2. The van der Waals surface area contributed by atoms with Crippen molar-refractivity contribution >= 4 is 16.8 Å². The molecular formula is C23H24N2O3. The molecule has 1 N–H and O–H groups in total. The molecular weight excluding hydrogens is 352 g/mol. The Morgan fingerprint density at radius 1 is 1.04 bits per heavy atom. The molecule has 0 saturated carbocycles. The number of H-pyrrole nitrogens is 1. The summed E-state index contributed by atoms with van der Waals surface area (Å²) in [4.78, 5) is 18.5. The number of likely N-dealkylation sites (tertiary alicyclic amines) is 1. The van der Waals surface area contributed by atoms with Gasteiger partial charge in [-0.1, -0.05) is 24.3 Å². The van der Waals surface area contributed by atoms with Gasteiger partial charge in [0.15, 0.2) is 11.5 Å². The van der Waals surface area contributed by atoms with Crippen molar-refractivity contribution in [1.82, 2.24) is 9.88 Å². The lowest BCUT2D eigenvalue weighted by molar-refractivity contribution is -0.132. The maximum atomic E-state index is 13.1. The third-order valence-corrected chi connectivity index (χ3v) is 5.88. The summed E-state index contributed by atoms with van der Waals surface area (Å²) in [5, 5.41) is 1.16. The first-order valence-electron chi connectivity index (χ1n) is 10.0. The molecule has 28 heavy (non-hydrogen) atoms. The molecule has 1 fully saturated rings. The summed E-state index contributed by atoms with van der Waals surface area (Å²) in [6, 6.07) is 14.3. The van der Waals surface area contributed by atoms with Gasteiger partial charge in [0.1, 0.15) is 0 Å². The second-order valence-electron chi connectivity index (χ2n) is 7.60. The van der Waals surface area contributed by atoms with Crippen molar-refractivity contribution in [3.8, 4) is 11.5 Å². The Labute approximate surface area is 164 Å². The zero-order valence-electron chi connectivity index (χ0n) is 15.8. The normalized spacial score (nSPS) is 17.1. The highest BCUT2D eigenvalue weighted by Crippen LogP contribution is 2.39. The van der Waals surface area contributed by atoms with E-state index in [1.165, 1.54) is 6.42 Å². The number of para-hydroxylation sites is 1. The van der Waals surface area contributed by atoms with Crippen LogP contribution in [0.1, 0.15) is 42.7 Å². The number of nitrogens with zero attached hydrogens (tertiary/aromatic N) is 1. The molecule has 2 aliphatic heterocycles. The number of piperidine rings is 1. The first-order valence-corrected chi connectivity index (χ1v) is 10.0. The first kappa shape index (κ1) is 17.2. The van der Waals surface area contributed by atoms with Crippen molar-refractivity contribution in [2.45, 2.75) is 31.6 Å². The molecule has 1 aromatic heterocycles. The average Bonchev–Trinajstić information content (AvgIpc) is 3.39. The number of aromatic nitrogens is 1. The summed E-state index contributed by atoms with van der Waals surface area (Å²) < 4.78 is 11.1. The van der Waals surface area contributed by atoms with Crippen LogP contribution in [0.4, 0.5) is 0 Å². The van der Waals surface area contributed by atoms with Crippen LogP contribution in [-0.2, 0) is 4.79 Å². The highest BCUT2D eigenvalue weighted by molar-refractivity contribution is 5.86. The quantitative estimate of drug-likeness (QED) is 0.733. The van der Waals surface area contributed by atoms with Crippen LogP contribution in [0.25, 0.3) is 10.9 Å². The molecule has 0 radical (unpaired) electrons. The SMILES string of the molecule is O=C(CC(c1ccc2c(c1)OCO2)c1c[nH]c2ccccc12)N1CCCCC1. The zero-order chi connectivity index (χ0) is 18.9. The molecule has 5 heteroatoms. The Hall–Kier alpha value is -2.95. The predicted octanol–water partition coefficient (Wildman–Crippen LogP) is 4.43. The Morgan fingerprint density at radius 2 is 1.86 bits per heavy atom. The molecule has 144 valence electrons. The van der Waals surface area contributed by atoms with E-state index in [1.807, 2.05) is 35.4 Å². The Balaban J connectivity index is 1.53. The summed E-state index contributed by atoms with van der Waals surface area (Å²) in [5.41, 5.74) is 3.33. The third-order valence-electron chi connectivity index (χ3n) is 5.88. The van der Waals surface area contributed by atoms with E-state index in [0.29, 0.717) is 6.42 Å². The van der Waals surface area contributed by atoms with Crippen molar-refractivity contribution < 1.29 is 14.3 Å². The van der Waals surface area contributed by atoms with E-state index in [1.54, 1.807) is 0 Å². The highest BCUT2D eigenvalue weighted by atomic mass is 16.7. The number of rotatable bonds is 4. The molecule has 1 atom stereocenters. The number of amides is 1. The Kier molecular flexibility index (Phi) is 4.43. The summed E-state index contributed by atoms with van der Waals surface area (Å²) >= 11 is 0. The van der Waals surface area contributed by atoms with Crippen LogP contribution in [0, 0.1) is 0 Å². The maximum Gasteiger partial charge on any atom is 0.231 e. The number of ether oxygens (including phenoxy) is 2. The van der Waals surface area contributed by atoms with Crippen molar-refractivity contribution in [3.63, 3.8) is 0 Å². The molecule has 3 aromatic rings. The van der Waals surface area contributed by atoms with Gasteiger partial charge in [-0.15, -0.1) is 0 Å². The van der Waals surface area contributed by atoms with Gasteiger partial charge in [-0.05, 0) is 48.6 Å². The van der Waals surface area contributed by atoms with Crippen LogP contribution in [0.5, 0.6) is 11.5 Å². The fourth-order valence-corrected chi connectivity index (χ4v) is 4.37. The van der Waals surface area contributed by atoms with Crippen LogP contribution in [0.3, 0.4) is 0 Å². The molecule has 0 spiro atoms. The van der Waals surface area contributed by atoms with E-state index < -0.39 is 0 Å². The summed E-state index contributed by atoms with van der Waals surface area (Å²) in [5.74, 6) is 1.73. The smallest absolute Gasteiger partial charge is 0.231 e. The first-order chi connectivity index (χ1) is 13.8. The van der Waals surface area contributed by atoms with Crippen molar-refractivity contribution in [3.05, 3.63) is 59.8 Å². The largest absolute Gasteiger partial charge is 0.454 e. The van der Waals surface area contributed by atoms with Crippen LogP contribution in [-0.4, -0.2) is 35.7 Å². The minimum atomic E-state index is -0.0277. The fourth-order valence-electron chi connectivity index (χ4n) is 4.37. The summed E-state index contributed by atoms with van der Waals surface area (Å²) in [6.45, 7) is 2.00.